The van der Waals surface area contributed by atoms with Crippen molar-refractivity contribution >= 4 is 0 Å². The van der Waals surface area contributed by atoms with E-state index >= 15 is 0 Å². The van der Waals surface area contributed by atoms with E-state index in [1.807, 2.05) is 0 Å². The molecule has 4 nitrogen and oxygen atoms in total. The van der Waals surface area contributed by atoms with E-state index in [2.05, 4.69) is 10.3 Å². The Kier molecular flexibility index (Phi) is 2.47. The van der Waals surface area contributed by atoms with Gasteiger partial charge in [-0.2, -0.15) is 0 Å². The quantitative estimate of drug-likeness (QED) is 0.811. The fraction of sp³-hybridized carbons (Fsp3) is 0.200. The minimum atomic E-state index is -0.750. The first-order valence-electron chi connectivity index (χ1n) is 4.52. The third-order valence-electron chi connectivity index (χ3n) is 2.11. The third-order valence-corrected chi connectivity index (χ3v) is 2.11. The molecule has 1 heterocycles. The van der Waals surface area contributed by atoms with Crippen LogP contribution in [-0.2, 0) is 0 Å². The molecule has 5 heteroatoms. The van der Waals surface area contributed by atoms with Gasteiger partial charge in [-0.3, -0.25) is 0 Å². The number of hydrogen-bond acceptors (Lipinski definition) is 3. The summed E-state index contributed by atoms with van der Waals surface area (Å²) < 4.78 is 14.5. The van der Waals surface area contributed by atoms with Crippen molar-refractivity contribution in [3.05, 3.63) is 42.0 Å². The molecule has 1 unspecified atom stereocenters. The Balaban J connectivity index is 2.56. The molecule has 0 bridgehead atoms. The van der Waals surface area contributed by atoms with E-state index in [0.29, 0.717) is 11.3 Å². The Bertz CT molecular complexity index is 454. The Morgan fingerprint density at radius 3 is 2.87 bits per heavy atom. The summed E-state index contributed by atoms with van der Waals surface area (Å²) in [5, 5.41) is 17.0. The highest BCUT2D eigenvalue weighted by Gasteiger charge is 2.11. The molecule has 0 spiro atoms. The molecule has 1 aromatic heterocycles. The van der Waals surface area contributed by atoms with Crippen LogP contribution in [0.15, 0.2) is 30.6 Å². The maximum Gasteiger partial charge on any atom is 0.123 e. The van der Waals surface area contributed by atoms with Crippen molar-refractivity contribution in [2.24, 2.45) is 0 Å². The second-order valence-corrected chi connectivity index (χ2v) is 3.23. The minimum Gasteiger partial charge on any atom is -0.389 e. The number of rotatable bonds is 2. The van der Waals surface area contributed by atoms with Gasteiger partial charge in [0.15, 0.2) is 0 Å². The smallest absolute Gasteiger partial charge is 0.123 e. The van der Waals surface area contributed by atoms with Crippen LogP contribution in [0.5, 0.6) is 0 Å². The standard InChI is InChI=1S/C10H10FN3O/c1-7(15)9-6-8(11)2-3-10(9)14-5-4-12-13-14/h2-7,15H,1H3. The van der Waals surface area contributed by atoms with Gasteiger partial charge >= 0.3 is 0 Å². The average molecular weight is 207 g/mol. The van der Waals surface area contributed by atoms with Crippen LogP contribution in [0.4, 0.5) is 4.39 Å². The highest BCUT2D eigenvalue weighted by atomic mass is 19.1. The van der Waals surface area contributed by atoms with Crippen LogP contribution in [-0.4, -0.2) is 20.1 Å². The highest BCUT2D eigenvalue weighted by Crippen LogP contribution is 2.21. The number of nitrogens with zero attached hydrogens (tertiary/aromatic N) is 3. The van der Waals surface area contributed by atoms with Gasteiger partial charge in [0, 0.05) is 5.56 Å². The molecule has 0 aliphatic heterocycles. The molecule has 0 radical (unpaired) electrons. The van der Waals surface area contributed by atoms with Gasteiger partial charge < -0.3 is 5.11 Å². The van der Waals surface area contributed by atoms with E-state index in [9.17, 15) is 9.50 Å². The van der Waals surface area contributed by atoms with Gasteiger partial charge in [0.25, 0.3) is 0 Å². The average Bonchev–Trinajstić information content (AvgIpc) is 2.70. The predicted molar refractivity (Wildman–Crippen MR) is 52.0 cm³/mol. The maximum absolute atomic E-state index is 13.0. The van der Waals surface area contributed by atoms with E-state index < -0.39 is 6.10 Å². The zero-order valence-electron chi connectivity index (χ0n) is 8.13. The van der Waals surface area contributed by atoms with Crippen LogP contribution in [0.2, 0.25) is 0 Å². The van der Waals surface area contributed by atoms with E-state index in [1.165, 1.54) is 23.0 Å². The molecular formula is C10H10FN3O. The summed E-state index contributed by atoms with van der Waals surface area (Å²) in [6.45, 7) is 1.58. The lowest BCUT2D eigenvalue weighted by Gasteiger charge is -2.11. The summed E-state index contributed by atoms with van der Waals surface area (Å²) in [5.41, 5.74) is 1.12. The molecule has 1 aromatic carbocycles. The van der Waals surface area contributed by atoms with Crippen LogP contribution in [0.25, 0.3) is 5.69 Å². The van der Waals surface area contributed by atoms with Gasteiger partial charge in [-0.1, -0.05) is 5.21 Å². The number of halogens is 1. The fourth-order valence-electron chi connectivity index (χ4n) is 1.41. The molecule has 0 aliphatic rings. The van der Waals surface area contributed by atoms with Gasteiger partial charge in [0.2, 0.25) is 0 Å². The summed E-state index contributed by atoms with van der Waals surface area (Å²) in [6, 6.07) is 4.18. The van der Waals surface area contributed by atoms with E-state index in [1.54, 1.807) is 19.2 Å². The maximum atomic E-state index is 13.0. The molecule has 0 aliphatic carbocycles. The monoisotopic (exact) mass is 207 g/mol. The van der Waals surface area contributed by atoms with Gasteiger partial charge in [-0.05, 0) is 25.1 Å². The molecule has 0 fully saturated rings. The van der Waals surface area contributed by atoms with E-state index in [-0.39, 0.29) is 5.82 Å². The van der Waals surface area contributed by atoms with Gasteiger partial charge in [0.05, 0.1) is 24.2 Å². The lowest BCUT2D eigenvalue weighted by Crippen LogP contribution is -2.04. The second kappa shape index (κ2) is 3.78. The van der Waals surface area contributed by atoms with Crippen molar-refractivity contribution in [2.75, 3.05) is 0 Å². The van der Waals surface area contributed by atoms with Gasteiger partial charge in [-0.15, -0.1) is 5.10 Å². The summed E-state index contributed by atoms with van der Waals surface area (Å²) in [5.74, 6) is -0.380. The third kappa shape index (κ3) is 1.87. The van der Waals surface area contributed by atoms with Crippen LogP contribution in [0.3, 0.4) is 0 Å². The van der Waals surface area contributed by atoms with Crippen LogP contribution < -0.4 is 0 Å². The molecule has 0 amide bonds. The van der Waals surface area contributed by atoms with Crippen molar-refractivity contribution in [1.82, 2.24) is 15.0 Å². The van der Waals surface area contributed by atoms with Crippen molar-refractivity contribution in [3.8, 4) is 5.69 Å². The molecule has 0 saturated heterocycles. The molecule has 2 rings (SSSR count). The SMILES string of the molecule is CC(O)c1cc(F)ccc1-n1ccnn1. The predicted octanol–water partition coefficient (Wildman–Crippen LogP) is 1.46. The Hall–Kier alpha value is -1.75. The topological polar surface area (TPSA) is 50.9 Å². The Labute approximate surface area is 86.0 Å². The largest absolute Gasteiger partial charge is 0.389 e. The second-order valence-electron chi connectivity index (χ2n) is 3.23. The molecular weight excluding hydrogens is 197 g/mol. The first-order chi connectivity index (χ1) is 7.18. The van der Waals surface area contributed by atoms with Crippen molar-refractivity contribution in [3.63, 3.8) is 0 Å². The van der Waals surface area contributed by atoms with Crippen LogP contribution in [0, 0.1) is 5.82 Å². The molecule has 1 atom stereocenters. The van der Waals surface area contributed by atoms with Gasteiger partial charge in [0.1, 0.15) is 5.82 Å². The first-order valence-corrected chi connectivity index (χ1v) is 4.52. The van der Waals surface area contributed by atoms with Gasteiger partial charge in [-0.25, -0.2) is 9.07 Å². The summed E-state index contributed by atoms with van der Waals surface area (Å²) >= 11 is 0. The lowest BCUT2D eigenvalue weighted by atomic mass is 10.1. The van der Waals surface area contributed by atoms with Crippen molar-refractivity contribution in [1.29, 1.82) is 0 Å². The summed E-state index contributed by atoms with van der Waals surface area (Å²) in [7, 11) is 0. The normalized spacial score (nSPS) is 12.7. The highest BCUT2D eigenvalue weighted by molar-refractivity contribution is 5.41. The number of aliphatic hydroxyl groups excluding tert-OH is 1. The van der Waals surface area contributed by atoms with Crippen LogP contribution >= 0.6 is 0 Å². The number of aliphatic hydroxyl groups is 1. The van der Waals surface area contributed by atoms with Crippen molar-refractivity contribution in [2.45, 2.75) is 13.0 Å². The lowest BCUT2D eigenvalue weighted by molar-refractivity contribution is 0.198. The molecule has 0 saturated carbocycles. The minimum absolute atomic E-state index is 0.380. The number of benzene rings is 1. The summed E-state index contributed by atoms with van der Waals surface area (Å²) in [6.07, 6.45) is 2.41. The summed E-state index contributed by atoms with van der Waals surface area (Å²) in [4.78, 5) is 0. The zero-order valence-corrected chi connectivity index (χ0v) is 8.13. The van der Waals surface area contributed by atoms with E-state index in [4.69, 9.17) is 0 Å². The zero-order chi connectivity index (χ0) is 10.8. The Morgan fingerprint density at radius 1 is 1.47 bits per heavy atom. The van der Waals surface area contributed by atoms with E-state index in [0.717, 1.165) is 0 Å². The van der Waals surface area contributed by atoms with Crippen LogP contribution in [0.1, 0.15) is 18.6 Å². The molecule has 15 heavy (non-hydrogen) atoms. The molecule has 2 aromatic rings. The Morgan fingerprint density at radius 2 is 2.27 bits per heavy atom. The first kappa shape index (κ1) is 9.79. The molecule has 1 N–H and O–H groups in total. The number of aromatic nitrogens is 3. The molecule has 78 valence electrons. The number of hydrogen-bond donors (Lipinski definition) is 1. The van der Waals surface area contributed by atoms with Crippen molar-refractivity contribution < 1.29 is 9.50 Å². The fourth-order valence-corrected chi connectivity index (χ4v) is 1.41.